The van der Waals surface area contributed by atoms with Crippen molar-refractivity contribution < 1.29 is 4.79 Å². The summed E-state index contributed by atoms with van der Waals surface area (Å²) in [5.41, 5.74) is 0. The number of halogens is 1. The van der Waals surface area contributed by atoms with Crippen LogP contribution < -0.4 is 4.90 Å². The predicted molar refractivity (Wildman–Crippen MR) is 103 cm³/mol. The second kappa shape index (κ2) is 8.15. The third-order valence-corrected chi connectivity index (χ3v) is 5.53. The van der Waals surface area contributed by atoms with E-state index in [0.29, 0.717) is 11.0 Å². The molecule has 2 aromatic heterocycles. The van der Waals surface area contributed by atoms with Gasteiger partial charge in [0.25, 0.3) is 5.91 Å². The number of piperidine rings is 1. The molecule has 1 amide bonds. The predicted octanol–water partition coefficient (Wildman–Crippen LogP) is 4.02. The van der Waals surface area contributed by atoms with Gasteiger partial charge in [-0.15, -0.1) is 11.3 Å². The summed E-state index contributed by atoms with van der Waals surface area (Å²) in [7, 11) is 0. The van der Waals surface area contributed by atoms with Crippen LogP contribution in [-0.2, 0) is 0 Å². The Hall–Kier alpha value is -1.66. The van der Waals surface area contributed by atoms with Gasteiger partial charge < -0.3 is 9.80 Å². The number of thiophene rings is 1. The van der Waals surface area contributed by atoms with Crippen molar-refractivity contribution in [3.63, 3.8) is 0 Å². The molecule has 7 heteroatoms. The van der Waals surface area contributed by atoms with Crippen LogP contribution in [0.25, 0.3) is 0 Å². The van der Waals surface area contributed by atoms with Crippen LogP contribution in [0.5, 0.6) is 0 Å². The highest BCUT2D eigenvalue weighted by molar-refractivity contribution is 7.12. The van der Waals surface area contributed by atoms with E-state index in [9.17, 15) is 4.79 Å². The minimum Gasteiger partial charge on any atom is -0.356 e. The first-order chi connectivity index (χ1) is 12.1. The number of hydrogen-bond acceptors (Lipinski definition) is 5. The van der Waals surface area contributed by atoms with E-state index < -0.39 is 0 Å². The molecule has 1 saturated heterocycles. The number of hydrogen-bond donors (Lipinski definition) is 0. The molecule has 3 rings (SSSR count). The number of carbonyl (C=O) groups excluding carboxylic acids is 1. The van der Waals surface area contributed by atoms with E-state index in [-0.39, 0.29) is 11.9 Å². The summed E-state index contributed by atoms with van der Waals surface area (Å²) < 4.78 is 0. The lowest BCUT2D eigenvalue weighted by molar-refractivity contribution is 0.0655. The maximum absolute atomic E-state index is 12.8. The molecule has 0 aromatic carbocycles. The van der Waals surface area contributed by atoms with Crippen LogP contribution in [0.3, 0.4) is 0 Å². The molecule has 3 heterocycles. The van der Waals surface area contributed by atoms with E-state index in [1.807, 2.05) is 30.5 Å². The van der Waals surface area contributed by atoms with Crippen molar-refractivity contribution in [2.45, 2.75) is 39.2 Å². The minimum absolute atomic E-state index is 0.163. The Bertz CT molecular complexity index is 694. The van der Waals surface area contributed by atoms with E-state index in [2.05, 4.69) is 26.7 Å². The first-order valence-electron chi connectivity index (χ1n) is 8.69. The molecule has 0 radical (unpaired) electrons. The van der Waals surface area contributed by atoms with Gasteiger partial charge >= 0.3 is 0 Å². The van der Waals surface area contributed by atoms with Gasteiger partial charge in [0.1, 0.15) is 16.8 Å². The van der Waals surface area contributed by atoms with Gasteiger partial charge in [-0.2, -0.15) is 0 Å². The Balaban J connectivity index is 1.68. The maximum Gasteiger partial charge on any atom is 0.264 e. The minimum atomic E-state index is 0.163. The lowest BCUT2D eigenvalue weighted by Gasteiger charge is -2.39. The third kappa shape index (κ3) is 4.30. The molecule has 2 aromatic rings. The summed E-state index contributed by atoms with van der Waals surface area (Å²) in [4.78, 5) is 26.6. The third-order valence-electron chi connectivity index (χ3n) is 4.48. The molecule has 0 aliphatic carbocycles. The zero-order chi connectivity index (χ0) is 17.8. The second-order valence-electron chi connectivity index (χ2n) is 6.29. The summed E-state index contributed by atoms with van der Waals surface area (Å²) in [5.74, 6) is 1.73. The summed E-state index contributed by atoms with van der Waals surface area (Å²) in [6.45, 7) is 6.52. The number of aryl methyl sites for hydroxylation is 1. The van der Waals surface area contributed by atoms with Crippen molar-refractivity contribution in [1.82, 2.24) is 14.9 Å². The monoisotopic (exact) mass is 378 g/mol. The zero-order valence-corrected chi connectivity index (χ0v) is 16.2. The number of rotatable bonds is 5. The van der Waals surface area contributed by atoms with E-state index in [0.717, 1.165) is 49.6 Å². The largest absolute Gasteiger partial charge is 0.356 e. The highest BCUT2D eigenvalue weighted by Crippen LogP contribution is 2.25. The Morgan fingerprint density at radius 3 is 2.76 bits per heavy atom. The molecule has 0 saturated carbocycles. The van der Waals surface area contributed by atoms with Crippen LogP contribution in [0.2, 0.25) is 5.15 Å². The van der Waals surface area contributed by atoms with Gasteiger partial charge in [-0.25, -0.2) is 9.97 Å². The lowest BCUT2D eigenvalue weighted by Crippen LogP contribution is -2.47. The lowest BCUT2D eigenvalue weighted by atomic mass is 10.0. The number of carbonyl (C=O) groups is 1. The molecule has 25 heavy (non-hydrogen) atoms. The zero-order valence-electron chi connectivity index (χ0n) is 14.6. The molecule has 0 spiro atoms. The van der Waals surface area contributed by atoms with Crippen molar-refractivity contribution in [2.24, 2.45) is 0 Å². The van der Waals surface area contributed by atoms with Gasteiger partial charge in [-0.1, -0.05) is 24.6 Å². The van der Waals surface area contributed by atoms with Gasteiger partial charge in [0.05, 0.1) is 4.88 Å². The van der Waals surface area contributed by atoms with Crippen LogP contribution in [0.4, 0.5) is 5.82 Å². The van der Waals surface area contributed by atoms with Crippen LogP contribution in [-0.4, -0.2) is 46.5 Å². The fourth-order valence-electron chi connectivity index (χ4n) is 3.32. The smallest absolute Gasteiger partial charge is 0.264 e. The number of nitrogens with zero attached hydrogens (tertiary/aromatic N) is 4. The van der Waals surface area contributed by atoms with Gasteiger partial charge in [0.2, 0.25) is 0 Å². The fraction of sp³-hybridized carbons (Fsp3) is 0.500. The Morgan fingerprint density at radius 2 is 2.16 bits per heavy atom. The fourth-order valence-corrected chi connectivity index (χ4v) is 4.22. The molecule has 0 N–H and O–H groups in total. The van der Waals surface area contributed by atoms with Gasteiger partial charge in [0, 0.05) is 31.7 Å². The van der Waals surface area contributed by atoms with Gasteiger partial charge in [-0.05, 0) is 37.6 Å². The highest BCUT2D eigenvalue weighted by Gasteiger charge is 2.29. The number of anilines is 1. The highest BCUT2D eigenvalue weighted by atomic mass is 35.5. The van der Waals surface area contributed by atoms with E-state index in [1.165, 1.54) is 11.3 Å². The maximum atomic E-state index is 12.8. The summed E-state index contributed by atoms with van der Waals surface area (Å²) in [5, 5.41) is 2.44. The Labute approximate surface area is 157 Å². The topological polar surface area (TPSA) is 49.3 Å². The first kappa shape index (κ1) is 18.1. The molecule has 0 atom stereocenters. The summed E-state index contributed by atoms with van der Waals surface area (Å²) in [6, 6.07) is 5.95. The Kier molecular flexibility index (Phi) is 5.91. The van der Waals surface area contributed by atoms with Crippen LogP contribution in [0.15, 0.2) is 23.6 Å². The summed E-state index contributed by atoms with van der Waals surface area (Å²) in [6.07, 6.45) is 2.85. The molecule has 1 aliphatic heterocycles. The SMILES string of the molecule is CCCN(C(=O)c1cccs1)C1CCN(c2cc(Cl)nc(C)n2)CC1. The molecule has 134 valence electrons. The normalized spacial score (nSPS) is 15.4. The average molecular weight is 379 g/mol. The number of aromatic nitrogens is 2. The molecule has 1 aliphatic rings. The van der Waals surface area contributed by atoms with Crippen molar-refractivity contribution in [3.8, 4) is 0 Å². The molecule has 0 bridgehead atoms. The average Bonchev–Trinajstić information content (AvgIpc) is 3.13. The van der Waals surface area contributed by atoms with Gasteiger partial charge in [0.15, 0.2) is 0 Å². The molecular formula is C18H23ClN4OS. The molecule has 1 fully saturated rings. The van der Waals surface area contributed by atoms with Gasteiger partial charge in [-0.3, -0.25) is 4.79 Å². The van der Waals surface area contributed by atoms with E-state index >= 15 is 0 Å². The molecule has 5 nitrogen and oxygen atoms in total. The van der Waals surface area contributed by atoms with Crippen molar-refractivity contribution in [1.29, 1.82) is 0 Å². The summed E-state index contributed by atoms with van der Waals surface area (Å²) >= 11 is 7.58. The molecule has 0 unspecified atom stereocenters. The van der Waals surface area contributed by atoms with Crippen molar-refractivity contribution in [3.05, 3.63) is 39.4 Å². The molecular weight excluding hydrogens is 356 g/mol. The van der Waals surface area contributed by atoms with Crippen LogP contribution in [0.1, 0.15) is 41.7 Å². The van der Waals surface area contributed by atoms with Crippen LogP contribution in [0, 0.1) is 6.92 Å². The van der Waals surface area contributed by atoms with E-state index in [4.69, 9.17) is 11.6 Å². The second-order valence-corrected chi connectivity index (χ2v) is 7.63. The Morgan fingerprint density at radius 1 is 1.40 bits per heavy atom. The first-order valence-corrected chi connectivity index (χ1v) is 9.95. The van der Waals surface area contributed by atoms with E-state index in [1.54, 1.807) is 0 Å². The van der Waals surface area contributed by atoms with Crippen molar-refractivity contribution >= 4 is 34.7 Å². The van der Waals surface area contributed by atoms with Crippen molar-refractivity contribution in [2.75, 3.05) is 24.5 Å². The quantitative estimate of drug-likeness (QED) is 0.737. The number of amides is 1. The van der Waals surface area contributed by atoms with Crippen LogP contribution >= 0.6 is 22.9 Å². The standard InChI is InChI=1S/C18H23ClN4OS/c1-3-8-23(18(24)15-5-4-11-25-15)14-6-9-22(10-7-14)17-12-16(19)20-13(2)21-17/h4-5,11-12,14H,3,6-10H2,1-2H3.